The first-order chi connectivity index (χ1) is 6.91. The Labute approximate surface area is 101 Å². The lowest BCUT2D eigenvalue weighted by Crippen LogP contribution is -2.41. The van der Waals surface area contributed by atoms with Crippen LogP contribution in [0.1, 0.15) is 44.4 Å². The molecular weight excluding hydrogens is 226 g/mol. The summed E-state index contributed by atoms with van der Waals surface area (Å²) < 4.78 is 0.847. The molecule has 84 valence electrons. The number of thiophene rings is 1. The van der Waals surface area contributed by atoms with E-state index in [2.05, 4.69) is 19.9 Å². The van der Waals surface area contributed by atoms with Crippen molar-refractivity contribution in [2.24, 2.45) is 11.1 Å². The second kappa shape index (κ2) is 3.76. The van der Waals surface area contributed by atoms with Crippen LogP contribution in [0.25, 0.3) is 0 Å². The molecule has 1 aromatic rings. The van der Waals surface area contributed by atoms with Gasteiger partial charge in [-0.15, -0.1) is 11.3 Å². The second-order valence-electron chi connectivity index (χ2n) is 5.42. The van der Waals surface area contributed by atoms with Crippen molar-refractivity contribution in [3.63, 3.8) is 0 Å². The third-order valence-corrected chi connectivity index (χ3v) is 5.01. The summed E-state index contributed by atoms with van der Waals surface area (Å²) in [7, 11) is 0. The molecule has 15 heavy (non-hydrogen) atoms. The van der Waals surface area contributed by atoms with Gasteiger partial charge in [-0.2, -0.15) is 0 Å². The van der Waals surface area contributed by atoms with Crippen LogP contribution in [-0.4, -0.2) is 0 Å². The average molecular weight is 244 g/mol. The molecule has 2 N–H and O–H groups in total. The van der Waals surface area contributed by atoms with E-state index in [1.807, 2.05) is 6.07 Å². The number of hydrogen-bond acceptors (Lipinski definition) is 2. The molecule has 1 nitrogen and oxygen atoms in total. The Morgan fingerprint density at radius 3 is 2.27 bits per heavy atom. The van der Waals surface area contributed by atoms with Gasteiger partial charge in [0.2, 0.25) is 0 Å². The van der Waals surface area contributed by atoms with Crippen LogP contribution in [0, 0.1) is 5.41 Å². The third-order valence-electron chi connectivity index (χ3n) is 3.56. The van der Waals surface area contributed by atoms with Gasteiger partial charge in [-0.3, -0.25) is 0 Å². The van der Waals surface area contributed by atoms with Crippen LogP contribution in [0.5, 0.6) is 0 Å². The molecule has 0 bridgehead atoms. The van der Waals surface area contributed by atoms with E-state index in [-0.39, 0.29) is 5.54 Å². The molecule has 0 spiro atoms. The lowest BCUT2D eigenvalue weighted by molar-refractivity contribution is 0.168. The van der Waals surface area contributed by atoms with Crippen LogP contribution >= 0.6 is 22.9 Å². The summed E-state index contributed by atoms with van der Waals surface area (Å²) in [5.41, 5.74) is 6.81. The standard InChI is InChI=1S/C12H18ClNS/c1-11(2)5-7-12(14,8-6-11)9-3-4-10(13)15-9/h3-4H,5-8,14H2,1-2H3. The van der Waals surface area contributed by atoms with Gasteiger partial charge in [0, 0.05) is 4.88 Å². The highest BCUT2D eigenvalue weighted by Crippen LogP contribution is 2.45. The molecule has 0 aliphatic heterocycles. The SMILES string of the molecule is CC1(C)CCC(N)(c2ccc(Cl)s2)CC1. The predicted octanol–water partition coefficient (Wildman–Crippen LogP) is 4.16. The van der Waals surface area contributed by atoms with Gasteiger partial charge in [-0.1, -0.05) is 25.4 Å². The maximum absolute atomic E-state index is 6.47. The van der Waals surface area contributed by atoms with Crippen molar-refractivity contribution < 1.29 is 0 Å². The minimum atomic E-state index is -0.118. The molecule has 0 radical (unpaired) electrons. The van der Waals surface area contributed by atoms with Gasteiger partial charge in [0.25, 0.3) is 0 Å². The molecule has 2 rings (SSSR count). The van der Waals surface area contributed by atoms with Crippen LogP contribution in [-0.2, 0) is 5.54 Å². The Hall–Kier alpha value is -0.0500. The average Bonchev–Trinajstić information content (AvgIpc) is 2.59. The molecule has 3 heteroatoms. The normalized spacial score (nSPS) is 24.0. The molecule has 0 saturated heterocycles. The third kappa shape index (κ3) is 2.38. The second-order valence-corrected chi connectivity index (χ2v) is 7.14. The monoisotopic (exact) mass is 243 g/mol. The van der Waals surface area contributed by atoms with E-state index in [1.54, 1.807) is 11.3 Å². The number of halogens is 1. The summed E-state index contributed by atoms with van der Waals surface area (Å²) in [5, 5.41) is 0. The zero-order valence-electron chi connectivity index (χ0n) is 9.35. The van der Waals surface area contributed by atoms with Gasteiger partial charge in [-0.25, -0.2) is 0 Å². The van der Waals surface area contributed by atoms with E-state index >= 15 is 0 Å². The van der Waals surface area contributed by atoms with Gasteiger partial charge < -0.3 is 5.73 Å². The molecule has 0 unspecified atom stereocenters. The summed E-state index contributed by atoms with van der Waals surface area (Å²) >= 11 is 7.59. The first-order valence-corrected chi connectivity index (χ1v) is 6.66. The zero-order valence-corrected chi connectivity index (χ0v) is 10.9. The topological polar surface area (TPSA) is 26.0 Å². The maximum atomic E-state index is 6.47. The summed E-state index contributed by atoms with van der Waals surface area (Å²) in [5.74, 6) is 0. The van der Waals surface area contributed by atoms with Crippen molar-refractivity contribution >= 4 is 22.9 Å². The first kappa shape index (κ1) is 11.4. The van der Waals surface area contributed by atoms with Crippen molar-refractivity contribution in [3.05, 3.63) is 21.3 Å². The van der Waals surface area contributed by atoms with Crippen LogP contribution in [0.2, 0.25) is 4.34 Å². The van der Waals surface area contributed by atoms with Crippen LogP contribution in [0.4, 0.5) is 0 Å². The van der Waals surface area contributed by atoms with E-state index < -0.39 is 0 Å². The smallest absolute Gasteiger partial charge is 0.0931 e. The van der Waals surface area contributed by atoms with Crippen molar-refractivity contribution in [2.75, 3.05) is 0 Å². The van der Waals surface area contributed by atoms with Crippen LogP contribution in [0.15, 0.2) is 12.1 Å². The van der Waals surface area contributed by atoms with Crippen LogP contribution < -0.4 is 5.73 Å². The number of rotatable bonds is 1. The van der Waals surface area contributed by atoms with Gasteiger partial charge >= 0.3 is 0 Å². The van der Waals surface area contributed by atoms with E-state index in [0.717, 1.165) is 17.2 Å². The molecular formula is C12H18ClNS. The highest BCUT2D eigenvalue weighted by atomic mass is 35.5. The molecule has 0 atom stereocenters. The Bertz CT molecular complexity index is 346. The fraction of sp³-hybridized carbons (Fsp3) is 0.667. The Balaban J connectivity index is 2.16. The molecule has 0 aromatic carbocycles. The fourth-order valence-corrected chi connectivity index (χ4v) is 3.40. The minimum absolute atomic E-state index is 0.118. The highest BCUT2D eigenvalue weighted by molar-refractivity contribution is 7.16. The van der Waals surface area contributed by atoms with E-state index in [9.17, 15) is 0 Å². The van der Waals surface area contributed by atoms with Crippen molar-refractivity contribution in [1.82, 2.24) is 0 Å². The summed E-state index contributed by atoms with van der Waals surface area (Å²) in [6.45, 7) is 4.65. The minimum Gasteiger partial charge on any atom is -0.321 e. The fourth-order valence-electron chi connectivity index (χ4n) is 2.20. The zero-order chi connectivity index (χ0) is 11.1. The molecule has 1 saturated carbocycles. The lowest BCUT2D eigenvalue weighted by Gasteiger charge is -2.40. The molecule has 1 heterocycles. The largest absolute Gasteiger partial charge is 0.321 e. The Kier molecular flexibility index (Phi) is 2.87. The molecule has 1 aromatic heterocycles. The number of hydrogen-bond donors (Lipinski definition) is 1. The lowest BCUT2D eigenvalue weighted by atomic mass is 9.69. The van der Waals surface area contributed by atoms with E-state index in [0.29, 0.717) is 5.41 Å². The van der Waals surface area contributed by atoms with Crippen molar-refractivity contribution in [2.45, 2.75) is 45.1 Å². The van der Waals surface area contributed by atoms with Crippen molar-refractivity contribution in [1.29, 1.82) is 0 Å². The Morgan fingerprint density at radius 2 is 1.80 bits per heavy atom. The summed E-state index contributed by atoms with van der Waals surface area (Å²) in [6.07, 6.45) is 4.58. The van der Waals surface area contributed by atoms with Gasteiger partial charge in [0.15, 0.2) is 0 Å². The Morgan fingerprint density at radius 1 is 1.20 bits per heavy atom. The summed E-state index contributed by atoms with van der Waals surface area (Å²) in [6, 6.07) is 4.04. The summed E-state index contributed by atoms with van der Waals surface area (Å²) in [4.78, 5) is 1.25. The molecule has 0 amide bonds. The van der Waals surface area contributed by atoms with Gasteiger partial charge in [-0.05, 0) is 43.2 Å². The van der Waals surface area contributed by atoms with E-state index in [1.165, 1.54) is 17.7 Å². The number of nitrogens with two attached hydrogens (primary N) is 1. The molecule has 1 fully saturated rings. The van der Waals surface area contributed by atoms with Gasteiger partial charge in [0.1, 0.15) is 0 Å². The van der Waals surface area contributed by atoms with Crippen molar-refractivity contribution in [3.8, 4) is 0 Å². The highest BCUT2D eigenvalue weighted by Gasteiger charge is 2.37. The first-order valence-electron chi connectivity index (χ1n) is 5.46. The predicted molar refractivity (Wildman–Crippen MR) is 67.4 cm³/mol. The van der Waals surface area contributed by atoms with Crippen LogP contribution in [0.3, 0.4) is 0 Å². The van der Waals surface area contributed by atoms with E-state index in [4.69, 9.17) is 17.3 Å². The van der Waals surface area contributed by atoms with Gasteiger partial charge in [0.05, 0.1) is 9.88 Å². The maximum Gasteiger partial charge on any atom is 0.0931 e. The molecule has 1 aliphatic rings. The molecule has 1 aliphatic carbocycles. The quantitative estimate of drug-likeness (QED) is 0.788.